The summed E-state index contributed by atoms with van der Waals surface area (Å²) in [6.45, 7) is 7.68. The summed E-state index contributed by atoms with van der Waals surface area (Å²) in [5.74, 6) is 1.44. The van der Waals surface area contributed by atoms with Crippen LogP contribution in [0.25, 0.3) is 0 Å². The van der Waals surface area contributed by atoms with Gasteiger partial charge in [-0.3, -0.25) is 9.69 Å². The number of β-amino-alcohol motifs (C(OH)–C–C–N with tert-alkyl or cyclic N) is 1. The minimum Gasteiger partial charge on any atom is -0.392 e. The highest BCUT2D eigenvalue weighted by Gasteiger charge is 2.39. The highest BCUT2D eigenvalue weighted by molar-refractivity contribution is 5.38. The lowest BCUT2D eigenvalue weighted by Crippen LogP contribution is -2.53. The van der Waals surface area contributed by atoms with Gasteiger partial charge in [0, 0.05) is 37.8 Å². The van der Waals surface area contributed by atoms with E-state index in [1.165, 1.54) is 0 Å². The first kappa shape index (κ1) is 14.5. The third-order valence-electron chi connectivity index (χ3n) is 4.94. The van der Waals surface area contributed by atoms with Crippen molar-refractivity contribution in [2.75, 3.05) is 31.1 Å². The molecular formula is C15H24N4O2. The molecule has 0 amide bonds. The van der Waals surface area contributed by atoms with Crippen LogP contribution >= 0.6 is 0 Å². The molecule has 0 aliphatic carbocycles. The Morgan fingerprint density at radius 3 is 2.67 bits per heavy atom. The molecule has 2 aliphatic rings. The molecule has 6 heteroatoms. The van der Waals surface area contributed by atoms with Gasteiger partial charge in [0.2, 0.25) is 0 Å². The average Bonchev–Trinajstić information content (AvgIpc) is 2.86. The number of rotatable bonds is 2. The quantitative estimate of drug-likeness (QED) is 0.831. The first-order valence-electron chi connectivity index (χ1n) is 7.72. The van der Waals surface area contributed by atoms with E-state index in [4.69, 9.17) is 0 Å². The number of nitrogens with zero attached hydrogens (tertiary/aromatic N) is 3. The second kappa shape index (κ2) is 5.42. The summed E-state index contributed by atoms with van der Waals surface area (Å²) >= 11 is 0. The summed E-state index contributed by atoms with van der Waals surface area (Å²) in [4.78, 5) is 23.3. The highest BCUT2D eigenvalue weighted by Crippen LogP contribution is 2.32. The highest BCUT2D eigenvalue weighted by atomic mass is 16.3. The fourth-order valence-electron chi connectivity index (χ4n) is 3.49. The first-order chi connectivity index (χ1) is 9.96. The number of hydrogen-bond acceptors (Lipinski definition) is 5. The van der Waals surface area contributed by atoms with Gasteiger partial charge in [-0.1, -0.05) is 0 Å². The normalized spacial score (nSPS) is 26.2. The zero-order valence-electron chi connectivity index (χ0n) is 12.8. The molecule has 1 atom stereocenters. The van der Waals surface area contributed by atoms with Crippen molar-refractivity contribution in [3.63, 3.8) is 0 Å². The molecule has 2 N–H and O–H groups in total. The van der Waals surface area contributed by atoms with Gasteiger partial charge in [-0.15, -0.1) is 0 Å². The van der Waals surface area contributed by atoms with E-state index in [9.17, 15) is 9.90 Å². The van der Waals surface area contributed by atoms with E-state index in [-0.39, 0.29) is 17.2 Å². The van der Waals surface area contributed by atoms with E-state index in [1.807, 2.05) is 6.92 Å². The Labute approximate surface area is 124 Å². The number of nitrogens with one attached hydrogen (secondary N) is 1. The van der Waals surface area contributed by atoms with Gasteiger partial charge in [-0.2, -0.15) is 0 Å². The summed E-state index contributed by atoms with van der Waals surface area (Å²) in [7, 11) is 0. The van der Waals surface area contributed by atoms with E-state index in [0.29, 0.717) is 5.82 Å². The van der Waals surface area contributed by atoms with E-state index in [2.05, 4.69) is 26.7 Å². The molecule has 1 aromatic rings. The van der Waals surface area contributed by atoms with Crippen LogP contribution in [0.3, 0.4) is 0 Å². The summed E-state index contributed by atoms with van der Waals surface area (Å²) in [5.41, 5.74) is 0.0676. The van der Waals surface area contributed by atoms with Crippen molar-refractivity contribution in [3.05, 3.63) is 22.2 Å². The molecular weight excluding hydrogens is 268 g/mol. The molecule has 2 saturated heterocycles. The average molecular weight is 292 g/mol. The molecule has 0 aromatic carbocycles. The fraction of sp³-hybridized carbons (Fsp3) is 0.733. The van der Waals surface area contributed by atoms with Gasteiger partial charge in [-0.25, -0.2) is 4.98 Å². The van der Waals surface area contributed by atoms with Crippen molar-refractivity contribution in [1.29, 1.82) is 0 Å². The van der Waals surface area contributed by atoms with Crippen LogP contribution < -0.4 is 10.5 Å². The van der Waals surface area contributed by atoms with Crippen molar-refractivity contribution in [2.45, 2.75) is 44.8 Å². The molecule has 2 aliphatic heterocycles. The zero-order valence-corrected chi connectivity index (χ0v) is 12.8. The maximum Gasteiger partial charge on any atom is 0.252 e. The van der Waals surface area contributed by atoms with Crippen molar-refractivity contribution >= 4 is 5.82 Å². The topological polar surface area (TPSA) is 72.5 Å². The van der Waals surface area contributed by atoms with Gasteiger partial charge in [0.1, 0.15) is 11.6 Å². The Hall–Kier alpha value is -1.40. The van der Waals surface area contributed by atoms with Crippen LogP contribution in [0.15, 0.2) is 10.9 Å². The molecule has 116 valence electrons. The molecule has 21 heavy (non-hydrogen) atoms. The SMILES string of the molecule is Cc1nc(N2CCC(C)(N3CC[C@@H](O)C3)CC2)cc(=O)[nH]1. The van der Waals surface area contributed by atoms with Crippen LogP contribution in [0.5, 0.6) is 0 Å². The number of H-pyrrole nitrogens is 1. The Balaban J connectivity index is 1.68. The zero-order chi connectivity index (χ0) is 15.0. The summed E-state index contributed by atoms with van der Waals surface area (Å²) in [6.07, 6.45) is 2.78. The van der Waals surface area contributed by atoms with Gasteiger partial charge in [0.25, 0.3) is 5.56 Å². The Bertz CT molecular complexity index is 563. The first-order valence-corrected chi connectivity index (χ1v) is 7.72. The van der Waals surface area contributed by atoms with Crippen molar-refractivity contribution in [1.82, 2.24) is 14.9 Å². The number of aryl methyl sites for hydroxylation is 1. The maximum absolute atomic E-state index is 11.6. The van der Waals surface area contributed by atoms with E-state index in [1.54, 1.807) is 6.07 Å². The smallest absolute Gasteiger partial charge is 0.252 e. The van der Waals surface area contributed by atoms with Crippen molar-refractivity contribution in [3.8, 4) is 0 Å². The van der Waals surface area contributed by atoms with Gasteiger partial charge in [-0.05, 0) is 33.1 Å². The van der Waals surface area contributed by atoms with Gasteiger partial charge in [0.15, 0.2) is 0 Å². The number of aliphatic hydroxyl groups is 1. The molecule has 0 radical (unpaired) electrons. The molecule has 2 fully saturated rings. The summed E-state index contributed by atoms with van der Waals surface area (Å²) in [6, 6.07) is 1.58. The summed E-state index contributed by atoms with van der Waals surface area (Å²) in [5, 5.41) is 9.74. The van der Waals surface area contributed by atoms with Crippen molar-refractivity contribution < 1.29 is 5.11 Å². The number of aromatic nitrogens is 2. The third kappa shape index (κ3) is 2.96. The second-order valence-electron chi connectivity index (χ2n) is 6.56. The molecule has 0 saturated carbocycles. The van der Waals surface area contributed by atoms with Crippen molar-refractivity contribution in [2.24, 2.45) is 0 Å². The molecule has 0 spiro atoms. The van der Waals surface area contributed by atoms with Crippen LogP contribution in [0, 0.1) is 6.92 Å². The van der Waals surface area contributed by atoms with Crippen LogP contribution in [-0.2, 0) is 0 Å². The standard InChI is InChI=1S/C15H24N4O2/c1-11-16-13(9-14(21)17-11)18-7-4-15(2,5-8-18)19-6-3-12(20)10-19/h9,12,20H,3-8,10H2,1-2H3,(H,16,17,21)/t12-/m1/s1. The molecule has 3 heterocycles. The Morgan fingerprint density at radius 2 is 2.10 bits per heavy atom. The molecule has 3 rings (SSSR count). The maximum atomic E-state index is 11.6. The van der Waals surface area contributed by atoms with Crippen LogP contribution in [0.4, 0.5) is 5.82 Å². The number of anilines is 1. The van der Waals surface area contributed by atoms with Gasteiger partial charge in [0.05, 0.1) is 6.10 Å². The third-order valence-corrected chi connectivity index (χ3v) is 4.94. The monoisotopic (exact) mass is 292 g/mol. The van der Waals surface area contributed by atoms with E-state index < -0.39 is 0 Å². The Kier molecular flexibility index (Phi) is 3.75. The molecule has 6 nitrogen and oxygen atoms in total. The number of aliphatic hydroxyl groups excluding tert-OH is 1. The second-order valence-corrected chi connectivity index (χ2v) is 6.56. The predicted octanol–water partition coefficient (Wildman–Crippen LogP) is 0.504. The molecule has 0 bridgehead atoms. The number of likely N-dealkylation sites (tertiary alicyclic amines) is 1. The lowest BCUT2D eigenvalue weighted by molar-refractivity contribution is 0.0841. The van der Waals surface area contributed by atoms with Crippen LogP contribution in [-0.4, -0.2) is 57.8 Å². The van der Waals surface area contributed by atoms with Crippen LogP contribution in [0.1, 0.15) is 32.0 Å². The number of piperidine rings is 1. The summed E-state index contributed by atoms with van der Waals surface area (Å²) < 4.78 is 0. The molecule has 1 aromatic heterocycles. The Morgan fingerprint density at radius 1 is 1.38 bits per heavy atom. The van der Waals surface area contributed by atoms with Crippen LogP contribution in [0.2, 0.25) is 0 Å². The predicted molar refractivity (Wildman–Crippen MR) is 81.6 cm³/mol. The van der Waals surface area contributed by atoms with E-state index in [0.717, 1.165) is 51.3 Å². The van der Waals surface area contributed by atoms with E-state index >= 15 is 0 Å². The number of hydrogen-bond donors (Lipinski definition) is 2. The lowest BCUT2D eigenvalue weighted by Gasteiger charge is -2.45. The van der Waals surface area contributed by atoms with Gasteiger partial charge >= 0.3 is 0 Å². The van der Waals surface area contributed by atoms with Gasteiger partial charge < -0.3 is 15.0 Å². The minimum atomic E-state index is -0.170. The lowest BCUT2D eigenvalue weighted by atomic mass is 9.88. The largest absolute Gasteiger partial charge is 0.392 e. The fourth-order valence-corrected chi connectivity index (χ4v) is 3.49. The minimum absolute atomic E-state index is 0.0894. The number of aromatic amines is 1. The molecule has 0 unspecified atom stereocenters.